The van der Waals surface area contributed by atoms with E-state index in [4.69, 9.17) is 0 Å². The zero-order valence-electron chi connectivity index (χ0n) is 9.60. The molecule has 0 aliphatic heterocycles. The normalized spacial score (nSPS) is 24.1. The summed E-state index contributed by atoms with van der Waals surface area (Å²) in [5.41, 5.74) is 1.00. The predicted octanol–water partition coefficient (Wildman–Crippen LogP) is 2.30. The molecule has 0 amide bonds. The molecule has 0 saturated heterocycles. The van der Waals surface area contributed by atoms with Gasteiger partial charge in [0.15, 0.2) is 9.84 Å². The lowest BCUT2D eigenvalue weighted by atomic mass is 10.3. The molecule has 4 heteroatoms. The van der Waals surface area contributed by atoms with Crippen LogP contribution in [-0.4, -0.2) is 20.2 Å². The van der Waals surface area contributed by atoms with Crippen molar-refractivity contribution in [2.24, 2.45) is 5.92 Å². The average molecular weight is 239 g/mol. The molecule has 16 heavy (non-hydrogen) atoms. The third kappa shape index (κ3) is 2.38. The lowest BCUT2D eigenvalue weighted by molar-refractivity contribution is 0.597. The third-order valence-corrected chi connectivity index (χ3v) is 4.81. The minimum absolute atomic E-state index is 0.152. The molecule has 0 bridgehead atoms. The highest BCUT2D eigenvalue weighted by atomic mass is 32.2. The Morgan fingerprint density at radius 1 is 1.31 bits per heavy atom. The minimum atomic E-state index is -3.07. The first-order valence-electron chi connectivity index (χ1n) is 5.62. The van der Waals surface area contributed by atoms with Crippen LogP contribution in [0, 0.1) is 5.92 Å². The van der Waals surface area contributed by atoms with Gasteiger partial charge in [0.2, 0.25) is 0 Å². The van der Waals surface area contributed by atoms with Gasteiger partial charge in [-0.05, 0) is 36.6 Å². The number of sulfone groups is 1. The molecule has 3 nitrogen and oxygen atoms in total. The van der Waals surface area contributed by atoms with E-state index in [0.717, 1.165) is 11.6 Å². The second-order valence-electron chi connectivity index (χ2n) is 4.39. The quantitative estimate of drug-likeness (QED) is 0.877. The zero-order valence-corrected chi connectivity index (χ0v) is 10.4. The van der Waals surface area contributed by atoms with Gasteiger partial charge in [-0.25, -0.2) is 8.42 Å². The van der Waals surface area contributed by atoms with Crippen LogP contribution in [0.1, 0.15) is 20.3 Å². The Bertz CT molecular complexity index is 464. The maximum absolute atomic E-state index is 11.6. The van der Waals surface area contributed by atoms with Gasteiger partial charge in [0.05, 0.1) is 10.6 Å². The summed E-state index contributed by atoms with van der Waals surface area (Å²) >= 11 is 0. The molecule has 0 aromatic heterocycles. The lowest BCUT2D eigenvalue weighted by Crippen LogP contribution is -2.05. The highest BCUT2D eigenvalue weighted by Gasteiger charge is 2.32. The topological polar surface area (TPSA) is 46.2 Å². The maximum atomic E-state index is 11.6. The van der Waals surface area contributed by atoms with Gasteiger partial charge in [0, 0.05) is 11.7 Å². The van der Waals surface area contributed by atoms with Crippen molar-refractivity contribution in [2.45, 2.75) is 31.2 Å². The monoisotopic (exact) mass is 239 g/mol. The van der Waals surface area contributed by atoms with Gasteiger partial charge in [-0.2, -0.15) is 0 Å². The van der Waals surface area contributed by atoms with E-state index in [9.17, 15) is 8.42 Å². The van der Waals surface area contributed by atoms with Crippen molar-refractivity contribution in [3.63, 3.8) is 0 Å². The van der Waals surface area contributed by atoms with Gasteiger partial charge in [-0.3, -0.25) is 0 Å². The number of hydrogen-bond acceptors (Lipinski definition) is 3. The van der Waals surface area contributed by atoms with Crippen LogP contribution < -0.4 is 5.32 Å². The minimum Gasteiger partial charge on any atom is -0.382 e. The van der Waals surface area contributed by atoms with Gasteiger partial charge >= 0.3 is 0 Å². The van der Waals surface area contributed by atoms with Gasteiger partial charge in [-0.15, -0.1) is 0 Å². The molecule has 0 heterocycles. The summed E-state index contributed by atoms with van der Waals surface area (Å²) in [5, 5.41) is 3.37. The first-order valence-corrected chi connectivity index (χ1v) is 7.27. The Kier molecular flexibility index (Phi) is 2.93. The molecule has 1 aromatic rings. The number of rotatable bonds is 4. The average Bonchev–Trinajstić information content (AvgIpc) is 2.95. The number of nitrogens with one attached hydrogen (secondary N) is 1. The number of anilines is 1. The van der Waals surface area contributed by atoms with Gasteiger partial charge in [0.1, 0.15) is 0 Å². The van der Waals surface area contributed by atoms with Gasteiger partial charge < -0.3 is 5.32 Å². The van der Waals surface area contributed by atoms with E-state index in [1.54, 1.807) is 19.1 Å². The molecule has 1 N–H and O–H groups in total. The molecular formula is C12H17NO2S. The molecule has 1 saturated carbocycles. The summed E-state index contributed by atoms with van der Waals surface area (Å²) < 4.78 is 23.2. The van der Waals surface area contributed by atoms with Crippen LogP contribution in [0.3, 0.4) is 0 Å². The van der Waals surface area contributed by atoms with E-state index in [0.29, 0.717) is 10.9 Å². The molecule has 1 fully saturated rings. The fourth-order valence-electron chi connectivity index (χ4n) is 1.66. The highest BCUT2D eigenvalue weighted by molar-refractivity contribution is 7.91. The first kappa shape index (κ1) is 11.5. The van der Waals surface area contributed by atoms with E-state index >= 15 is 0 Å². The summed E-state index contributed by atoms with van der Waals surface area (Å²) in [6.07, 6.45) is 1.20. The van der Waals surface area contributed by atoms with Crippen molar-refractivity contribution >= 4 is 15.5 Å². The number of hydrogen-bond donors (Lipinski definition) is 1. The van der Waals surface area contributed by atoms with E-state index in [2.05, 4.69) is 12.2 Å². The SMILES string of the molecule is CCS(=O)(=O)c1ccc(NC2CC2C)cc1. The van der Waals surface area contributed by atoms with Crippen molar-refractivity contribution in [1.82, 2.24) is 0 Å². The Hall–Kier alpha value is -1.03. The largest absolute Gasteiger partial charge is 0.382 e. The van der Waals surface area contributed by atoms with Crippen molar-refractivity contribution in [1.29, 1.82) is 0 Å². The second-order valence-corrected chi connectivity index (χ2v) is 6.67. The molecule has 1 aliphatic rings. The van der Waals surface area contributed by atoms with Crippen molar-refractivity contribution in [3.8, 4) is 0 Å². The Morgan fingerprint density at radius 3 is 2.31 bits per heavy atom. The number of benzene rings is 1. The summed E-state index contributed by atoms with van der Waals surface area (Å²) in [5.74, 6) is 0.887. The molecule has 2 unspecified atom stereocenters. The Balaban J connectivity index is 2.10. The first-order chi connectivity index (χ1) is 7.53. The molecule has 1 aliphatic carbocycles. The van der Waals surface area contributed by atoms with E-state index in [-0.39, 0.29) is 5.75 Å². The second kappa shape index (κ2) is 4.09. The summed E-state index contributed by atoms with van der Waals surface area (Å²) in [4.78, 5) is 0.407. The van der Waals surface area contributed by atoms with E-state index < -0.39 is 9.84 Å². The third-order valence-electron chi connectivity index (χ3n) is 3.06. The van der Waals surface area contributed by atoms with E-state index in [1.165, 1.54) is 6.42 Å². The van der Waals surface area contributed by atoms with Crippen LogP contribution in [0.15, 0.2) is 29.2 Å². The fraction of sp³-hybridized carbons (Fsp3) is 0.500. The Labute approximate surface area is 96.8 Å². The Morgan fingerprint density at radius 2 is 1.88 bits per heavy atom. The molecule has 0 radical (unpaired) electrons. The molecule has 88 valence electrons. The molecule has 2 atom stereocenters. The maximum Gasteiger partial charge on any atom is 0.178 e. The lowest BCUT2D eigenvalue weighted by Gasteiger charge is -2.06. The smallest absolute Gasteiger partial charge is 0.178 e. The predicted molar refractivity (Wildman–Crippen MR) is 65.4 cm³/mol. The summed E-state index contributed by atoms with van der Waals surface area (Å²) in [6, 6.07) is 7.59. The fourth-order valence-corrected chi connectivity index (χ4v) is 2.55. The van der Waals surface area contributed by atoms with Crippen LogP contribution >= 0.6 is 0 Å². The summed E-state index contributed by atoms with van der Waals surface area (Å²) in [7, 11) is -3.07. The van der Waals surface area contributed by atoms with Crippen molar-refractivity contribution in [3.05, 3.63) is 24.3 Å². The molecular weight excluding hydrogens is 222 g/mol. The van der Waals surface area contributed by atoms with Crippen LogP contribution in [0.25, 0.3) is 0 Å². The standard InChI is InChI=1S/C12H17NO2S/c1-3-16(14,15)11-6-4-10(5-7-11)13-12-8-9(12)2/h4-7,9,12-13H,3,8H2,1-2H3. The molecule has 0 spiro atoms. The van der Waals surface area contributed by atoms with Crippen LogP contribution in [0.5, 0.6) is 0 Å². The summed E-state index contributed by atoms with van der Waals surface area (Å²) in [6.45, 7) is 3.86. The zero-order chi connectivity index (χ0) is 11.8. The van der Waals surface area contributed by atoms with Gasteiger partial charge in [0.25, 0.3) is 0 Å². The van der Waals surface area contributed by atoms with Crippen molar-refractivity contribution < 1.29 is 8.42 Å². The van der Waals surface area contributed by atoms with Gasteiger partial charge in [-0.1, -0.05) is 13.8 Å². The van der Waals surface area contributed by atoms with Crippen LogP contribution in [0.4, 0.5) is 5.69 Å². The highest BCUT2D eigenvalue weighted by Crippen LogP contribution is 2.32. The molecule has 1 aromatic carbocycles. The van der Waals surface area contributed by atoms with Crippen molar-refractivity contribution in [2.75, 3.05) is 11.1 Å². The van der Waals surface area contributed by atoms with E-state index in [1.807, 2.05) is 12.1 Å². The molecule has 2 rings (SSSR count). The van der Waals surface area contributed by atoms with Crippen LogP contribution in [0.2, 0.25) is 0 Å². The van der Waals surface area contributed by atoms with Crippen LogP contribution in [-0.2, 0) is 9.84 Å².